The highest BCUT2D eigenvalue weighted by atomic mass is 32.1. The predicted molar refractivity (Wildman–Crippen MR) is 105 cm³/mol. The van der Waals surface area contributed by atoms with Crippen LogP contribution in [0.2, 0.25) is 0 Å². The number of Topliss-reactive ketones (excluding diaryl/α,β-unsaturated/α-hetero) is 1. The summed E-state index contributed by atoms with van der Waals surface area (Å²) in [6.45, 7) is 1.41. The normalized spacial score (nSPS) is 10.2. The topological polar surface area (TPSA) is 102 Å². The van der Waals surface area contributed by atoms with E-state index in [2.05, 4.69) is 10.6 Å². The molecule has 0 aliphatic carbocycles. The molecule has 2 aromatic rings. The van der Waals surface area contributed by atoms with Crippen LogP contribution in [0.25, 0.3) is 0 Å². The maximum Gasteiger partial charge on any atom is 0.325 e. The number of rotatable bonds is 10. The number of hydrogen-bond acceptors (Lipinski definition) is 6. The highest BCUT2D eigenvalue weighted by Gasteiger charge is 2.12. The maximum atomic E-state index is 12.1. The second-order valence-corrected chi connectivity index (χ2v) is 6.97. The van der Waals surface area contributed by atoms with E-state index in [1.54, 1.807) is 29.6 Å². The monoisotopic (exact) mass is 402 g/mol. The number of esters is 1. The molecule has 2 amide bonds. The third-order valence-electron chi connectivity index (χ3n) is 3.79. The van der Waals surface area contributed by atoms with E-state index in [-0.39, 0.29) is 30.7 Å². The molecular weight excluding hydrogens is 380 g/mol. The fraction of sp³-hybridized carbons (Fsp3) is 0.300. The van der Waals surface area contributed by atoms with Crippen molar-refractivity contribution in [1.82, 2.24) is 10.6 Å². The summed E-state index contributed by atoms with van der Waals surface area (Å²) in [5.41, 5.74) is 1.50. The van der Waals surface area contributed by atoms with Gasteiger partial charge < -0.3 is 15.4 Å². The van der Waals surface area contributed by atoms with Crippen LogP contribution in [0.5, 0.6) is 0 Å². The average Bonchev–Trinajstić information content (AvgIpc) is 3.23. The molecule has 0 unspecified atom stereocenters. The van der Waals surface area contributed by atoms with Gasteiger partial charge in [-0.25, -0.2) is 0 Å². The van der Waals surface area contributed by atoms with Crippen molar-refractivity contribution in [2.75, 3.05) is 19.7 Å². The van der Waals surface area contributed by atoms with Gasteiger partial charge in [-0.05, 0) is 29.9 Å². The lowest BCUT2D eigenvalue weighted by Crippen LogP contribution is -2.31. The number of thiophene rings is 1. The number of hydrogen-bond donors (Lipinski definition) is 2. The van der Waals surface area contributed by atoms with Crippen LogP contribution in [0, 0.1) is 0 Å². The summed E-state index contributed by atoms with van der Waals surface area (Å²) in [5, 5.41) is 6.94. The Hall–Kier alpha value is -3.00. The maximum absolute atomic E-state index is 12.1. The minimum absolute atomic E-state index is 0.0541. The molecule has 0 fully saturated rings. The van der Waals surface area contributed by atoms with Gasteiger partial charge >= 0.3 is 5.97 Å². The number of nitrogens with one attached hydrogen (secondary N) is 2. The van der Waals surface area contributed by atoms with Crippen LogP contribution in [0.3, 0.4) is 0 Å². The van der Waals surface area contributed by atoms with E-state index in [1.807, 2.05) is 12.1 Å². The summed E-state index contributed by atoms with van der Waals surface area (Å²) < 4.78 is 4.92. The average molecular weight is 402 g/mol. The van der Waals surface area contributed by atoms with E-state index in [0.29, 0.717) is 17.0 Å². The van der Waals surface area contributed by atoms with Gasteiger partial charge in [0.15, 0.2) is 12.4 Å². The zero-order chi connectivity index (χ0) is 20.4. The molecule has 2 rings (SSSR count). The van der Waals surface area contributed by atoms with Gasteiger partial charge in [-0.15, -0.1) is 11.3 Å². The van der Waals surface area contributed by atoms with Gasteiger partial charge in [-0.1, -0.05) is 30.3 Å². The van der Waals surface area contributed by atoms with Gasteiger partial charge in [0.2, 0.25) is 5.91 Å². The Balaban J connectivity index is 1.69. The molecule has 28 heavy (non-hydrogen) atoms. The van der Waals surface area contributed by atoms with E-state index in [1.165, 1.54) is 18.3 Å². The molecule has 0 bridgehead atoms. The number of ether oxygens (including phenoxy) is 1. The van der Waals surface area contributed by atoms with Crippen LogP contribution in [-0.2, 0) is 20.7 Å². The molecule has 0 radical (unpaired) electrons. The Labute approximate surface area is 167 Å². The van der Waals surface area contributed by atoms with E-state index in [0.717, 1.165) is 18.4 Å². The van der Waals surface area contributed by atoms with Crippen LogP contribution in [0.15, 0.2) is 41.8 Å². The molecule has 0 atom stereocenters. The summed E-state index contributed by atoms with van der Waals surface area (Å²) >= 11 is 1.27. The summed E-state index contributed by atoms with van der Waals surface area (Å²) in [6, 6.07) is 10.4. The second kappa shape index (κ2) is 11.0. The highest BCUT2D eigenvalue weighted by Crippen LogP contribution is 2.09. The van der Waals surface area contributed by atoms with Crippen LogP contribution >= 0.6 is 11.3 Å². The summed E-state index contributed by atoms with van der Waals surface area (Å²) in [6.07, 6.45) is 1.59. The minimum Gasteiger partial charge on any atom is -0.456 e. The first-order chi connectivity index (χ1) is 13.5. The molecule has 2 N–H and O–H groups in total. The van der Waals surface area contributed by atoms with Crippen molar-refractivity contribution in [3.63, 3.8) is 0 Å². The third-order valence-corrected chi connectivity index (χ3v) is 4.66. The number of aryl methyl sites for hydroxylation is 1. The van der Waals surface area contributed by atoms with E-state index in [4.69, 9.17) is 4.74 Å². The molecule has 1 heterocycles. The number of carbonyl (C=O) groups excluding carboxylic acids is 4. The third kappa shape index (κ3) is 7.32. The van der Waals surface area contributed by atoms with E-state index in [9.17, 15) is 19.2 Å². The van der Waals surface area contributed by atoms with Crippen molar-refractivity contribution in [3.05, 3.63) is 57.8 Å². The van der Waals surface area contributed by atoms with Crippen LogP contribution in [-0.4, -0.2) is 43.3 Å². The summed E-state index contributed by atoms with van der Waals surface area (Å²) in [5.74, 6) is -1.40. The van der Waals surface area contributed by atoms with Crippen LogP contribution in [0.4, 0.5) is 0 Å². The lowest BCUT2D eigenvalue weighted by molar-refractivity contribution is -0.141. The number of amides is 2. The smallest absolute Gasteiger partial charge is 0.325 e. The van der Waals surface area contributed by atoms with E-state index >= 15 is 0 Å². The quantitative estimate of drug-likeness (QED) is 0.359. The molecular formula is C20H22N2O5S. The largest absolute Gasteiger partial charge is 0.456 e. The van der Waals surface area contributed by atoms with Gasteiger partial charge in [0, 0.05) is 19.0 Å². The van der Waals surface area contributed by atoms with Crippen molar-refractivity contribution >= 4 is 34.9 Å². The Morgan fingerprint density at radius 3 is 2.43 bits per heavy atom. The van der Waals surface area contributed by atoms with Crippen molar-refractivity contribution in [2.24, 2.45) is 0 Å². The molecule has 0 aliphatic rings. The standard InChI is InChI=1S/C20H22N2O5S/c1-14(23)21-10-2-4-15-6-8-16(9-7-15)17(24)13-27-19(25)12-22-20(26)18-5-3-11-28-18/h3,5-9,11H,2,4,10,12-13H2,1H3,(H,21,23)(H,22,26). The fourth-order valence-corrected chi connectivity index (χ4v) is 2.98. The molecule has 1 aromatic heterocycles. The van der Waals surface area contributed by atoms with Crippen molar-refractivity contribution < 1.29 is 23.9 Å². The Morgan fingerprint density at radius 1 is 1.04 bits per heavy atom. The Bertz CT molecular complexity index is 816. The molecule has 8 heteroatoms. The fourth-order valence-electron chi connectivity index (χ4n) is 2.34. The van der Waals surface area contributed by atoms with Crippen molar-refractivity contribution in [3.8, 4) is 0 Å². The molecule has 0 spiro atoms. The lowest BCUT2D eigenvalue weighted by Gasteiger charge is -2.07. The zero-order valence-corrected chi connectivity index (χ0v) is 16.3. The van der Waals surface area contributed by atoms with Gasteiger partial charge in [-0.3, -0.25) is 19.2 Å². The first-order valence-corrected chi connectivity index (χ1v) is 9.67. The lowest BCUT2D eigenvalue weighted by atomic mass is 10.1. The van der Waals surface area contributed by atoms with Gasteiger partial charge in [0.1, 0.15) is 6.54 Å². The SMILES string of the molecule is CC(=O)NCCCc1ccc(C(=O)COC(=O)CNC(=O)c2cccs2)cc1. The van der Waals surface area contributed by atoms with Gasteiger partial charge in [0.05, 0.1) is 4.88 Å². The first-order valence-electron chi connectivity index (χ1n) is 8.79. The minimum atomic E-state index is -0.673. The molecule has 0 aliphatic heterocycles. The highest BCUT2D eigenvalue weighted by molar-refractivity contribution is 7.12. The van der Waals surface area contributed by atoms with Gasteiger partial charge in [0.25, 0.3) is 5.91 Å². The molecule has 0 saturated carbocycles. The number of carbonyl (C=O) groups is 4. The summed E-state index contributed by atoms with van der Waals surface area (Å²) in [4.78, 5) is 46.8. The summed E-state index contributed by atoms with van der Waals surface area (Å²) in [7, 11) is 0. The zero-order valence-electron chi connectivity index (χ0n) is 15.5. The molecule has 7 nitrogen and oxygen atoms in total. The first kappa shape index (κ1) is 21.3. The van der Waals surface area contributed by atoms with Crippen molar-refractivity contribution in [1.29, 1.82) is 0 Å². The van der Waals surface area contributed by atoms with Crippen LogP contribution < -0.4 is 10.6 Å². The number of ketones is 1. The Morgan fingerprint density at radius 2 is 1.79 bits per heavy atom. The van der Waals surface area contributed by atoms with E-state index < -0.39 is 5.97 Å². The molecule has 0 saturated heterocycles. The molecule has 148 valence electrons. The Kier molecular flexibility index (Phi) is 8.36. The second-order valence-electron chi connectivity index (χ2n) is 6.03. The number of benzene rings is 1. The van der Waals surface area contributed by atoms with Gasteiger partial charge in [-0.2, -0.15) is 0 Å². The van der Waals surface area contributed by atoms with Crippen molar-refractivity contribution in [2.45, 2.75) is 19.8 Å². The molecule has 1 aromatic carbocycles. The predicted octanol–water partition coefficient (Wildman–Crippen LogP) is 1.97. The van der Waals surface area contributed by atoms with Crippen LogP contribution in [0.1, 0.15) is 38.9 Å².